The van der Waals surface area contributed by atoms with Crippen LogP contribution in [0, 0.1) is 0 Å². The Labute approximate surface area is 98.6 Å². The van der Waals surface area contributed by atoms with Gasteiger partial charge < -0.3 is 5.73 Å². The summed E-state index contributed by atoms with van der Waals surface area (Å²) in [7, 11) is -3.08. The molecule has 2 N–H and O–H groups in total. The van der Waals surface area contributed by atoms with Gasteiger partial charge >= 0.3 is 0 Å². The number of sulfone groups is 1. The summed E-state index contributed by atoms with van der Waals surface area (Å²) in [5.74, 6) is 0.203. The predicted octanol–water partition coefficient (Wildman–Crippen LogP) is 2.36. The molecule has 1 aromatic rings. The molecule has 0 heterocycles. The number of hydrogen-bond acceptors (Lipinski definition) is 3. The van der Waals surface area contributed by atoms with E-state index in [1.807, 2.05) is 20.8 Å². The molecule has 0 aliphatic rings. The second kappa shape index (κ2) is 7.41. The molecule has 0 radical (unpaired) electrons. The van der Waals surface area contributed by atoms with Crippen LogP contribution in [0.25, 0.3) is 0 Å². The zero-order valence-electron chi connectivity index (χ0n) is 10.2. The van der Waals surface area contributed by atoms with Crippen LogP contribution in [0.4, 0.5) is 0 Å². The van der Waals surface area contributed by atoms with E-state index in [9.17, 15) is 8.42 Å². The molecule has 0 atom stereocenters. The largest absolute Gasteiger partial charge is 0.326 e. The highest BCUT2D eigenvalue weighted by Crippen LogP contribution is 2.12. The third kappa shape index (κ3) is 4.33. The molecular formula is C12H21NO2S. The fraction of sp³-hybridized carbons (Fsp3) is 0.500. The number of benzene rings is 1. The standard InChI is InChI=1S/C10H15NO2S.C2H6/c1-2-7-14(12,13)10-5-3-9(8-11)4-6-10;1-2/h3-6H,2,7-8,11H2,1H3;1-2H3. The first-order chi connectivity index (χ1) is 7.60. The van der Waals surface area contributed by atoms with Crippen LogP contribution in [0.5, 0.6) is 0 Å². The summed E-state index contributed by atoms with van der Waals surface area (Å²) in [4.78, 5) is 0.386. The molecule has 0 aliphatic carbocycles. The summed E-state index contributed by atoms with van der Waals surface area (Å²) in [6.07, 6.45) is 0.640. The van der Waals surface area contributed by atoms with Crippen molar-refractivity contribution in [3.63, 3.8) is 0 Å². The maximum absolute atomic E-state index is 11.6. The highest BCUT2D eigenvalue weighted by molar-refractivity contribution is 7.91. The molecule has 16 heavy (non-hydrogen) atoms. The maximum Gasteiger partial charge on any atom is 0.178 e. The van der Waals surface area contributed by atoms with Gasteiger partial charge in [0.25, 0.3) is 0 Å². The molecule has 0 saturated carbocycles. The Morgan fingerprint density at radius 1 is 1.12 bits per heavy atom. The van der Waals surface area contributed by atoms with Crippen LogP contribution < -0.4 is 5.73 Å². The van der Waals surface area contributed by atoms with Gasteiger partial charge in [-0.1, -0.05) is 32.9 Å². The van der Waals surface area contributed by atoms with Crippen LogP contribution in [0.15, 0.2) is 29.2 Å². The molecule has 0 bridgehead atoms. The molecule has 0 unspecified atom stereocenters. The van der Waals surface area contributed by atoms with E-state index in [2.05, 4.69) is 0 Å². The normalized spacial score (nSPS) is 10.5. The Bertz CT molecular complexity index is 382. The highest BCUT2D eigenvalue weighted by atomic mass is 32.2. The second-order valence-electron chi connectivity index (χ2n) is 3.17. The summed E-state index contributed by atoms with van der Waals surface area (Å²) in [5.41, 5.74) is 6.36. The lowest BCUT2D eigenvalue weighted by Gasteiger charge is -2.03. The van der Waals surface area contributed by atoms with Crippen molar-refractivity contribution in [3.8, 4) is 0 Å². The van der Waals surface area contributed by atoms with Crippen LogP contribution in [0.3, 0.4) is 0 Å². The van der Waals surface area contributed by atoms with E-state index in [4.69, 9.17) is 5.73 Å². The van der Waals surface area contributed by atoms with Gasteiger partial charge in [0.15, 0.2) is 9.84 Å². The van der Waals surface area contributed by atoms with Gasteiger partial charge in [-0.25, -0.2) is 8.42 Å². The first-order valence-electron chi connectivity index (χ1n) is 5.62. The van der Waals surface area contributed by atoms with Crippen molar-refractivity contribution in [2.24, 2.45) is 5.73 Å². The number of nitrogens with two attached hydrogens (primary N) is 1. The third-order valence-electron chi connectivity index (χ3n) is 1.99. The van der Waals surface area contributed by atoms with Gasteiger partial charge in [0.05, 0.1) is 10.6 Å². The molecule has 4 heteroatoms. The van der Waals surface area contributed by atoms with Gasteiger partial charge in [0, 0.05) is 6.54 Å². The smallest absolute Gasteiger partial charge is 0.178 e. The number of rotatable bonds is 4. The molecule has 92 valence electrons. The summed E-state index contributed by atoms with van der Waals surface area (Å²) in [6, 6.07) is 6.74. The minimum absolute atomic E-state index is 0.203. The average Bonchev–Trinajstić information content (AvgIpc) is 2.32. The van der Waals surface area contributed by atoms with Gasteiger partial charge in [-0.05, 0) is 24.1 Å². The lowest BCUT2D eigenvalue weighted by atomic mass is 10.2. The lowest BCUT2D eigenvalue weighted by Crippen LogP contribution is -2.06. The zero-order chi connectivity index (χ0) is 12.6. The van der Waals surface area contributed by atoms with Crippen LogP contribution in [-0.2, 0) is 16.4 Å². The topological polar surface area (TPSA) is 60.2 Å². The predicted molar refractivity (Wildman–Crippen MR) is 68.0 cm³/mol. The molecule has 1 rings (SSSR count). The quantitative estimate of drug-likeness (QED) is 0.883. The van der Waals surface area contributed by atoms with E-state index in [0.717, 1.165) is 5.56 Å². The first kappa shape index (κ1) is 15.1. The van der Waals surface area contributed by atoms with Crippen LogP contribution in [-0.4, -0.2) is 14.2 Å². The van der Waals surface area contributed by atoms with E-state index >= 15 is 0 Å². The Morgan fingerprint density at radius 2 is 1.62 bits per heavy atom. The average molecular weight is 243 g/mol. The van der Waals surface area contributed by atoms with E-state index in [-0.39, 0.29) is 5.75 Å². The second-order valence-corrected chi connectivity index (χ2v) is 5.28. The minimum Gasteiger partial charge on any atom is -0.326 e. The fourth-order valence-corrected chi connectivity index (χ4v) is 2.54. The third-order valence-corrected chi connectivity index (χ3v) is 3.93. The molecular weight excluding hydrogens is 222 g/mol. The molecule has 0 spiro atoms. The van der Waals surface area contributed by atoms with Crippen molar-refractivity contribution in [1.82, 2.24) is 0 Å². The van der Waals surface area contributed by atoms with Crippen molar-refractivity contribution in [2.45, 2.75) is 38.6 Å². The molecule has 0 amide bonds. The molecule has 0 aromatic heterocycles. The summed E-state index contributed by atoms with van der Waals surface area (Å²) in [6.45, 7) is 6.29. The van der Waals surface area contributed by atoms with Crippen LogP contribution >= 0.6 is 0 Å². The van der Waals surface area contributed by atoms with Crippen molar-refractivity contribution >= 4 is 9.84 Å². The molecule has 0 fully saturated rings. The minimum atomic E-state index is -3.08. The number of hydrogen-bond donors (Lipinski definition) is 1. The molecule has 0 aliphatic heterocycles. The summed E-state index contributed by atoms with van der Waals surface area (Å²) >= 11 is 0. The monoisotopic (exact) mass is 243 g/mol. The lowest BCUT2D eigenvalue weighted by molar-refractivity contribution is 0.594. The Kier molecular flexibility index (Phi) is 7.01. The maximum atomic E-state index is 11.6. The highest BCUT2D eigenvalue weighted by Gasteiger charge is 2.11. The van der Waals surface area contributed by atoms with Crippen molar-refractivity contribution in [3.05, 3.63) is 29.8 Å². The Balaban J connectivity index is 0.00000106. The van der Waals surface area contributed by atoms with E-state index in [0.29, 0.717) is 17.9 Å². The Morgan fingerprint density at radius 3 is 2.00 bits per heavy atom. The zero-order valence-corrected chi connectivity index (χ0v) is 11.0. The van der Waals surface area contributed by atoms with E-state index in [1.54, 1.807) is 24.3 Å². The van der Waals surface area contributed by atoms with Gasteiger partial charge in [0.1, 0.15) is 0 Å². The molecule has 1 aromatic carbocycles. The van der Waals surface area contributed by atoms with Crippen LogP contribution in [0.1, 0.15) is 32.8 Å². The van der Waals surface area contributed by atoms with Crippen molar-refractivity contribution in [1.29, 1.82) is 0 Å². The summed E-state index contributed by atoms with van der Waals surface area (Å²) < 4.78 is 23.2. The van der Waals surface area contributed by atoms with Gasteiger partial charge in [0.2, 0.25) is 0 Å². The summed E-state index contributed by atoms with van der Waals surface area (Å²) in [5, 5.41) is 0. The Hall–Kier alpha value is -0.870. The van der Waals surface area contributed by atoms with Gasteiger partial charge in [-0.2, -0.15) is 0 Å². The SMILES string of the molecule is CC.CCCS(=O)(=O)c1ccc(CN)cc1. The van der Waals surface area contributed by atoms with Gasteiger partial charge in [-0.15, -0.1) is 0 Å². The van der Waals surface area contributed by atoms with E-state index in [1.165, 1.54) is 0 Å². The van der Waals surface area contributed by atoms with Crippen molar-refractivity contribution < 1.29 is 8.42 Å². The van der Waals surface area contributed by atoms with E-state index < -0.39 is 9.84 Å². The molecule has 0 saturated heterocycles. The van der Waals surface area contributed by atoms with Crippen LogP contribution in [0.2, 0.25) is 0 Å². The van der Waals surface area contributed by atoms with Crippen molar-refractivity contribution in [2.75, 3.05) is 5.75 Å². The fourth-order valence-electron chi connectivity index (χ4n) is 1.22. The first-order valence-corrected chi connectivity index (χ1v) is 7.27. The van der Waals surface area contributed by atoms with Gasteiger partial charge in [-0.3, -0.25) is 0 Å². The molecule has 3 nitrogen and oxygen atoms in total.